The van der Waals surface area contributed by atoms with Crippen molar-refractivity contribution in [1.82, 2.24) is 4.72 Å². The van der Waals surface area contributed by atoms with Crippen molar-refractivity contribution >= 4 is 10.0 Å². The van der Waals surface area contributed by atoms with E-state index in [2.05, 4.69) is 0 Å². The molecular weight excluding hydrogens is 300 g/mol. The van der Waals surface area contributed by atoms with E-state index < -0.39 is 32.5 Å². The van der Waals surface area contributed by atoms with Crippen molar-refractivity contribution in [3.8, 4) is 0 Å². The van der Waals surface area contributed by atoms with Crippen LogP contribution in [0.15, 0.2) is 23.1 Å². The summed E-state index contributed by atoms with van der Waals surface area (Å²) in [4.78, 5) is -0.815. The number of benzene rings is 1. The van der Waals surface area contributed by atoms with Crippen molar-refractivity contribution in [2.45, 2.75) is 36.0 Å². The van der Waals surface area contributed by atoms with E-state index in [9.17, 15) is 26.0 Å². The molecule has 1 aliphatic carbocycles. The molecule has 0 aliphatic heterocycles. The Morgan fingerprint density at radius 1 is 1.30 bits per heavy atom. The first-order valence-corrected chi connectivity index (χ1v) is 7.19. The largest absolute Gasteiger partial charge is 0.407 e. The second kappa shape index (κ2) is 4.68. The third kappa shape index (κ3) is 2.65. The van der Waals surface area contributed by atoms with Gasteiger partial charge in [-0.1, -0.05) is 6.07 Å². The minimum Gasteiger partial charge on any atom is -0.326 e. The average Bonchev–Trinajstić information content (AvgIpc) is 3.08. The maximum Gasteiger partial charge on any atom is 0.407 e. The molecule has 9 heteroatoms. The minimum absolute atomic E-state index is 0.00281. The molecule has 2 rings (SSSR count). The fraction of sp³-hybridized carbons (Fsp3) is 0.455. The minimum atomic E-state index is -4.70. The van der Waals surface area contributed by atoms with Crippen LogP contribution < -0.4 is 10.5 Å². The van der Waals surface area contributed by atoms with Crippen LogP contribution in [0.25, 0.3) is 0 Å². The molecule has 0 aromatic heterocycles. The lowest BCUT2D eigenvalue weighted by molar-refractivity contribution is -0.160. The molecule has 1 fully saturated rings. The standard InChI is InChI=1S/C11H12F4N2O2S/c12-8-5-7(6-16)1-2-9(8)20(18,19)17-10(3-4-10)11(13,14)15/h1-2,5,17H,3-4,6,16H2. The van der Waals surface area contributed by atoms with E-state index in [1.54, 1.807) is 4.72 Å². The number of hydrogen-bond acceptors (Lipinski definition) is 3. The highest BCUT2D eigenvalue weighted by atomic mass is 32.2. The second-order valence-electron chi connectivity index (χ2n) is 4.65. The highest BCUT2D eigenvalue weighted by Crippen LogP contribution is 2.49. The van der Waals surface area contributed by atoms with E-state index in [1.807, 2.05) is 0 Å². The van der Waals surface area contributed by atoms with Gasteiger partial charge in [0.15, 0.2) is 0 Å². The molecule has 4 nitrogen and oxygen atoms in total. The number of halogens is 4. The summed E-state index contributed by atoms with van der Waals surface area (Å²) in [6.07, 6.45) is -5.40. The molecule has 0 saturated heterocycles. The highest BCUT2D eigenvalue weighted by Gasteiger charge is 2.65. The summed E-state index contributed by atoms with van der Waals surface area (Å²) in [7, 11) is -4.58. The van der Waals surface area contributed by atoms with Gasteiger partial charge in [0.2, 0.25) is 10.0 Å². The van der Waals surface area contributed by atoms with Crippen LogP contribution in [-0.2, 0) is 16.6 Å². The van der Waals surface area contributed by atoms with Gasteiger partial charge >= 0.3 is 6.18 Å². The molecular formula is C11H12F4N2O2S. The zero-order valence-corrected chi connectivity index (χ0v) is 11.0. The first-order chi connectivity index (χ1) is 9.11. The van der Waals surface area contributed by atoms with Gasteiger partial charge in [0, 0.05) is 6.54 Å². The predicted molar refractivity (Wildman–Crippen MR) is 62.6 cm³/mol. The molecule has 1 aliphatic rings. The summed E-state index contributed by atoms with van der Waals surface area (Å²) in [5.74, 6) is -1.13. The molecule has 0 bridgehead atoms. The molecule has 1 aromatic rings. The molecule has 0 heterocycles. The molecule has 112 valence electrons. The SMILES string of the molecule is NCc1ccc(S(=O)(=O)NC2(C(F)(F)F)CC2)c(F)c1. The Kier molecular flexibility index (Phi) is 3.55. The number of nitrogens with two attached hydrogens (primary N) is 1. The third-order valence-electron chi connectivity index (χ3n) is 3.14. The van der Waals surface area contributed by atoms with Gasteiger partial charge in [-0.2, -0.15) is 17.9 Å². The predicted octanol–water partition coefficient (Wildman–Crippen LogP) is 1.66. The third-order valence-corrected chi connectivity index (χ3v) is 4.71. The summed E-state index contributed by atoms with van der Waals surface area (Å²) in [5.41, 5.74) is 3.14. The smallest absolute Gasteiger partial charge is 0.326 e. The number of alkyl halides is 3. The zero-order valence-electron chi connectivity index (χ0n) is 10.2. The van der Waals surface area contributed by atoms with E-state index in [0.29, 0.717) is 5.56 Å². The van der Waals surface area contributed by atoms with E-state index in [-0.39, 0.29) is 19.4 Å². The van der Waals surface area contributed by atoms with E-state index in [4.69, 9.17) is 5.73 Å². The molecule has 3 N–H and O–H groups in total. The number of sulfonamides is 1. The molecule has 0 spiro atoms. The van der Waals surface area contributed by atoms with Gasteiger partial charge in [0.1, 0.15) is 16.3 Å². The molecule has 0 unspecified atom stereocenters. The van der Waals surface area contributed by atoms with Crippen molar-refractivity contribution in [2.24, 2.45) is 5.73 Å². The number of nitrogens with one attached hydrogen (secondary N) is 1. The van der Waals surface area contributed by atoms with Gasteiger partial charge in [-0.15, -0.1) is 0 Å². The van der Waals surface area contributed by atoms with E-state index in [0.717, 1.165) is 12.1 Å². The van der Waals surface area contributed by atoms with Crippen LogP contribution in [0.5, 0.6) is 0 Å². The van der Waals surface area contributed by atoms with Gasteiger partial charge in [-0.25, -0.2) is 12.8 Å². The van der Waals surface area contributed by atoms with Crippen molar-refractivity contribution in [3.63, 3.8) is 0 Å². The molecule has 0 atom stereocenters. The summed E-state index contributed by atoms with van der Waals surface area (Å²) in [6.45, 7) is -0.00281. The van der Waals surface area contributed by atoms with Gasteiger partial charge in [0.05, 0.1) is 0 Å². The lowest BCUT2D eigenvalue weighted by Crippen LogP contribution is -2.47. The Balaban J connectivity index is 2.33. The van der Waals surface area contributed by atoms with Crippen LogP contribution in [0.3, 0.4) is 0 Å². The molecule has 1 aromatic carbocycles. The van der Waals surface area contributed by atoms with Crippen molar-refractivity contribution in [1.29, 1.82) is 0 Å². The van der Waals surface area contributed by atoms with E-state index in [1.165, 1.54) is 6.07 Å². The van der Waals surface area contributed by atoms with E-state index >= 15 is 0 Å². The first-order valence-electron chi connectivity index (χ1n) is 5.70. The quantitative estimate of drug-likeness (QED) is 0.831. The van der Waals surface area contributed by atoms with Crippen LogP contribution in [0.4, 0.5) is 17.6 Å². The molecule has 0 radical (unpaired) electrons. The maximum atomic E-state index is 13.7. The Morgan fingerprint density at radius 2 is 1.90 bits per heavy atom. The lowest BCUT2D eigenvalue weighted by atomic mass is 10.2. The van der Waals surface area contributed by atoms with Gasteiger partial charge in [-0.05, 0) is 30.5 Å². The fourth-order valence-corrected chi connectivity index (χ4v) is 3.28. The first kappa shape index (κ1) is 15.2. The Hall–Kier alpha value is -1.19. The number of rotatable bonds is 4. The number of hydrogen-bond donors (Lipinski definition) is 2. The Morgan fingerprint density at radius 3 is 2.30 bits per heavy atom. The fourth-order valence-electron chi connectivity index (χ4n) is 1.77. The summed E-state index contributed by atoms with van der Waals surface area (Å²) >= 11 is 0. The van der Waals surface area contributed by atoms with Crippen molar-refractivity contribution in [2.75, 3.05) is 0 Å². The summed E-state index contributed by atoms with van der Waals surface area (Å²) in [6, 6.07) is 3.05. The molecule has 0 amide bonds. The monoisotopic (exact) mass is 312 g/mol. The topological polar surface area (TPSA) is 72.2 Å². The lowest BCUT2D eigenvalue weighted by Gasteiger charge is -2.20. The summed E-state index contributed by atoms with van der Waals surface area (Å²) < 4.78 is 77.1. The Labute approximate surface area is 113 Å². The van der Waals surface area contributed by atoms with Crippen LogP contribution in [0, 0.1) is 5.82 Å². The van der Waals surface area contributed by atoms with Gasteiger partial charge in [0.25, 0.3) is 0 Å². The van der Waals surface area contributed by atoms with Crippen molar-refractivity contribution in [3.05, 3.63) is 29.6 Å². The van der Waals surface area contributed by atoms with Crippen LogP contribution in [0.1, 0.15) is 18.4 Å². The van der Waals surface area contributed by atoms with Crippen LogP contribution >= 0.6 is 0 Å². The average molecular weight is 312 g/mol. The molecule has 20 heavy (non-hydrogen) atoms. The van der Waals surface area contributed by atoms with Gasteiger partial charge in [-0.3, -0.25) is 0 Å². The highest BCUT2D eigenvalue weighted by molar-refractivity contribution is 7.89. The van der Waals surface area contributed by atoms with Crippen LogP contribution in [-0.4, -0.2) is 20.1 Å². The zero-order chi connectivity index (χ0) is 15.2. The maximum absolute atomic E-state index is 13.7. The second-order valence-corrected chi connectivity index (χ2v) is 6.31. The van der Waals surface area contributed by atoms with Crippen LogP contribution in [0.2, 0.25) is 0 Å². The van der Waals surface area contributed by atoms with Crippen molar-refractivity contribution < 1.29 is 26.0 Å². The summed E-state index contributed by atoms with van der Waals surface area (Å²) in [5, 5.41) is 0. The van der Waals surface area contributed by atoms with Gasteiger partial charge < -0.3 is 5.73 Å². The molecule has 1 saturated carbocycles. The normalized spacial score (nSPS) is 18.1. The Bertz CT molecular complexity index is 624.